The van der Waals surface area contributed by atoms with Crippen LogP contribution < -0.4 is 14.8 Å². The maximum atomic E-state index is 12.4. The fraction of sp³-hybridized carbons (Fsp3) is 0.412. The average Bonchev–Trinajstić information content (AvgIpc) is 2.79. The van der Waals surface area contributed by atoms with E-state index in [-0.39, 0.29) is 5.91 Å². The van der Waals surface area contributed by atoms with E-state index < -0.39 is 0 Å². The van der Waals surface area contributed by atoms with Crippen molar-refractivity contribution < 1.29 is 14.3 Å². The third-order valence-corrected chi connectivity index (χ3v) is 4.25. The first-order chi connectivity index (χ1) is 11.5. The number of nitrogens with zero attached hydrogens (tertiary/aromatic N) is 1. The van der Waals surface area contributed by atoms with Gasteiger partial charge >= 0.3 is 0 Å². The quantitative estimate of drug-likeness (QED) is 0.546. The van der Waals surface area contributed by atoms with Crippen LogP contribution in [-0.2, 0) is 4.79 Å². The van der Waals surface area contributed by atoms with Crippen LogP contribution in [0.2, 0.25) is 0 Å². The minimum absolute atomic E-state index is 0.107. The maximum Gasteiger partial charge on any atom is 0.276 e. The van der Waals surface area contributed by atoms with E-state index in [1.165, 1.54) is 0 Å². The predicted octanol–water partition coefficient (Wildman–Crippen LogP) is 3.71. The molecule has 5 nitrogen and oxygen atoms in total. The highest BCUT2D eigenvalue weighted by Gasteiger charge is 2.29. The molecule has 1 heterocycles. The Balaban J connectivity index is 2.36. The van der Waals surface area contributed by atoms with Gasteiger partial charge in [0.15, 0.2) is 16.6 Å². The van der Waals surface area contributed by atoms with Crippen molar-refractivity contribution in [1.82, 2.24) is 10.2 Å². The molecule has 1 aliphatic heterocycles. The lowest BCUT2D eigenvalue weighted by molar-refractivity contribution is -0.122. The Morgan fingerprint density at radius 2 is 1.96 bits per heavy atom. The van der Waals surface area contributed by atoms with Crippen LogP contribution in [0.5, 0.6) is 11.5 Å². The van der Waals surface area contributed by atoms with Crippen LogP contribution in [0.15, 0.2) is 22.3 Å². The molecule has 0 unspecified atom stereocenters. The van der Waals surface area contributed by atoms with Crippen LogP contribution in [0, 0.1) is 0 Å². The summed E-state index contributed by atoms with van der Waals surface area (Å²) in [5.41, 5.74) is 1.29. The van der Waals surface area contributed by atoms with Gasteiger partial charge in [-0.25, -0.2) is 0 Å². The van der Waals surface area contributed by atoms with E-state index in [0.29, 0.717) is 42.1 Å². The van der Waals surface area contributed by atoms with Crippen molar-refractivity contribution in [2.45, 2.75) is 27.2 Å². The zero-order chi connectivity index (χ0) is 17.7. The number of benzene rings is 1. The maximum absolute atomic E-state index is 12.4. The molecular weight excluding hydrogens is 392 g/mol. The van der Waals surface area contributed by atoms with Gasteiger partial charge in [-0.3, -0.25) is 9.69 Å². The van der Waals surface area contributed by atoms with Crippen molar-refractivity contribution in [2.24, 2.45) is 0 Å². The molecule has 1 aromatic rings. The molecule has 0 saturated carbocycles. The zero-order valence-electron chi connectivity index (χ0n) is 14.0. The second-order valence-electron chi connectivity index (χ2n) is 5.14. The number of nitrogens with one attached hydrogen (secondary N) is 1. The molecule has 24 heavy (non-hydrogen) atoms. The Morgan fingerprint density at radius 3 is 2.58 bits per heavy atom. The second kappa shape index (κ2) is 8.48. The van der Waals surface area contributed by atoms with Gasteiger partial charge in [-0.2, -0.15) is 0 Å². The fourth-order valence-electron chi connectivity index (χ4n) is 2.38. The van der Waals surface area contributed by atoms with Crippen LogP contribution in [0.1, 0.15) is 32.8 Å². The number of carbonyl (C=O) groups excluding carboxylic acids is 1. The lowest BCUT2D eigenvalue weighted by Gasteiger charge is -2.13. The number of thiocarbonyl (C=S) groups is 1. The number of amides is 1. The Bertz CT molecular complexity index is 676. The Morgan fingerprint density at radius 1 is 1.25 bits per heavy atom. The number of halogens is 1. The summed E-state index contributed by atoms with van der Waals surface area (Å²) >= 11 is 8.73. The first-order valence-electron chi connectivity index (χ1n) is 7.95. The van der Waals surface area contributed by atoms with Crippen LogP contribution in [-0.4, -0.2) is 35.7 Å². The van der Waals surface area contributed by atoms with E-state index in [4.69, 9.17) is 21.7 Å². The Kier molecular flexibility index (Phi) is 6.62. The largest absolute Gasteiger partial charge is 0.490 e. The molecule has 1 amide bonds. The highest BCUT2D eigenvalue weighted by atomic mass is 79.9. The van der Waals surface area contributed by atoms with Crippen LogP contribution in [0.4, 0.5) is 0 Å². The van der Waals surface area contributed by atoms with Gasteiger partial charge in [0, 0.05) is 6.54 Å². The van der Waals surface area contributed by atoms with Gasteiger partial charge in [0.25, 0.3) is 5.91 Å². The van der Waals surface area contributed by atoms with Crippen molar-refractivity contribution in [3.8, 4) is 11.5 Å². The molecule has 1 aliphatic rings. The molecule has 0 aliphatic carbocycles. The van der Waals surface area contributed by atoms with Gasteiger partial charge in [0.2, 0.25) is 0 Å². The minimum atomic E-state index is -0.107. The summed E-state index contributed by atoms with van der Waals surface area (Å²) in [4.78, 5) is 14.0. The molecular formula is C17H21BrN2O3S. The molecule has 1 saturated heterocycles. The summed E-state index contributed by atoms with van der Waals surface area (Å²) < 4.78 is 12.1. The average molecular weight is 413 g/mol. The van der Waals surface area contributed by atoms with Crippen molar-refractivity contribution in [1.29, 1.82) is 0 Å². The summed E-state index contributed by atoms with van der Waals surface area (Å²) in [6, 6.07) is 3.74. The summed E-state index contributed by atoms with van der Waals surface area (Å²) in [5.74, 6) is 1.19. The third kappa shape index (κ3) is 4.08. The van der Waals surface area contributed by atoms with Gasteiger partial charge in [-0.1, -0.05) is 6.92 Å². The topological polar surface area (TPSA) is 50.8 Å². The molecule has 0 aromatic heterocycles. The van der Waals surface area contributed by atoms with E-state index in [1.54, 1.807) is 11.0 Å². The molecule has 0 radical (unpaired) electrons. The standard InChI is InChI=1S/C17H21BrN2O3S/c1-4-7-20-16(21)13(19-17(20)24)9-11-8-12(18)15(23-6-3)14(10-11)22-5-2/h8-10H,4-7H2,1-3H3,(H,19,24). The fourth-order valence-corrected chi connectivity index (χ4v) is 3.24. The number of rotatable bonds is 7. The molecule has 0 atom stereocenters. The Labute approximate surface area is 156 Å². The summed E-state index contributed by atoms with van der Waals surface area (Å²) in [6.07, 6.45) is 2.62. The predicted molar refractivity (Wildman–Crippen MR) is 102 cm³/mol. The molecule has 7 heteroatoms. The highest BCUT2D eigenvalue weighted by molar-refractivity contribution is 9.10. The van der Waals surface area contributed by atoms with E-state index in [2.05, 4.69) is 21.2 Å². The van der Waals surface area contributed by atoms with E-state index >= 15 is 0 Å². The van der Waals surface area contributed by atoms with E-state index in [9.17, 15) is 4.79 Å². The van der Waals surface area contributed by atoms with Crippen molar-refractivity contribution in [3.63, 3.8) is 0 Å². The van der Waals surface area contributed by atoms with Crippen molar-refractivity contribution in [2.75, 3.05) is 19.8 Å². The number of ether oxygens (including phenoxy) is 2. The molecule has 1 fully saturated rings. The van der Waals surface area contributed by atoms with Gasteiger partial charge in [-0.15, -0.1) is 0 Å². The summed E-state index contributed by atoms with van der Waals surface area (Å²) in [7, 11) is 0. The van der Waals surface area contributed by atoms with Gasteiger partial charge in [0.05, 0.1) is 17.7 Å². The summed E-state index contributed by atoms with van der Waals surface area (Å²) in [5, 5.41) is 3.43. The van der Waals surface area contributed by atoms with Crippen LogP contribution >= 0.6 is 28.1 Å². The smallest absolute Gasteiger partial charge is 0.276 e. The number of carbonyl (C=O) groups is 1. The normalized spacial score (nSPS) is 15.8. The lowest BCUT2D eigenvalue weighted by atomic mass is 10.1. The number of hydrogen-bond acceptors (Lipinski definition) is 4. The molecule has 1 aromatic carbocycles. The molecule has 0 bridgehead atoms. The SMILES string of the molecule is CCCN1C(=O)C(=Cc2cc(Br)c(OCC)c(OCC)c2)NC1=S. The van der Waals surface area contributed by atoms with Gasteiger partial charge < -0.3 is 14.8 Å². The van der Waals surface area contributed by atoms with Crippen LogP contribution in [0.25, 0.3) is 6.08 Å². The molecule has 2 rings (SSSR count). The first-order valence-corrected chi connectivity index (χ1v) is 9.15. The van der Waals surface area contributed by atoms with Gasteiger partial charge in [-0.05, 0) is 72.2 Å². The molecule has 130 valence electrons. The van der Waals surface area contributed by atoms with Crippen LogP contribution in [0.3, 0.4) is 0 Å². The third-order valence-electron chi connectivity index (χ3n) is 3.34. The van der Waals surface area contributed by atoms with Crippen molar-refractivity contribution >= 4 is 45.2 Å². The van der Waals surface area contributed by atoms with E-state index in [0.717, 1.165) is 16.5 Å². The van der Waals surface area contributed by atoms with Crippen molar-refractivity contribution in [3.05, 3.63) is 27.9 Å². The Hall–Kier alpha value is -1.60. The monoisotopic (exact) mass is 412 g/mol. The zero-order valence-corrected chi connectivity index (χ0v) is 16.4. The number of hydrogen-bond donors (Lipinski definition) is 1. The summed E-state index contributed by atoms with van der Waals surface area (Å²) in [6.45, 7) is 7.52. The second-order valence-corrected chi connectivity index (χ2v) is 6.38. The first kappa shape index (κ1) is 18.7. The highest BCUT2D eigenvalue weighted by Crippen LogP contribution is 2.37. The molecule has 0 spiro atoms. The molecule has 1 N–H and O–H groups in total. The van der Waals surface area contributed by atoms with Gasteiger partial charge in [0.1, 0.15) is 5.70 Å². The lowest BCUT2D eigenvalue weighted by Crippen LogP contribution is -2.31. The van der Waals surface area contributed by atoms with E-state index in [1.807, 2.05) is 32.9 Å². The minimum Gasteiger partial charge on any atom is -0.490 e.